The maximum Gasteiger partial charge on any atom is 0.232 e. The largest absolute Gasteiger partial charge is 0.309 e. The number of nitrogens with zero attached hydrogens (tertiary/aromatic N) is 3. The lowest BCUT2D eigenvalue weighted by molar-refractivity contribution is -0.117. The topological polar surface area (TPSA) is 75.6 Å². The van der Waals surface area contributed by atoms with Crippen LogP contribution in [0.5, 0.6) is 0 Å². The van der Waals surface area contributed by atoms with E-state index in [0.29, 0.717) is 16.8 Å². The number of H-pyrrole nitrogens is 1. The molecule has 2 heterocycles. The molecular weight excluding hydrogens is 350 g/mol. The third kappa shape index (κ3) is 3.37. The fraction of sp³-hybridized carbons (Fsp3) is 0.316. The van der Waals surface area contributed by atoms with Crippen molar-refractivity contribution < 1.29 is 4.79 Å². The number of benzene rings is 1. The van der Waals surface area contributed by atoms with E-state index in [-0.39, 0.29) is 11.8 Å². The second-order valence-corrected chi connectivity index (χ2v) is 7.18. The number of anilines is 1. The van der Waals surface area contributed by atoms with E-state index in [4.69, 9.17) is 11.6 Å². The summed E-state index contributed by atoms with van der Waals surface area (Å²) in [5, 5.41) is 15.1. The van der Waals surface area contributed by atoms with Crippen LogP contribution < -0.4 is 5.32 Å². The van der Waals surface area contributed by atoms with Crippen LogP contribution in [-0.4, -0.2) is 25.9 Å². The normalized spacial score (nSPS) is 15.5. The highest BCUT2D eigenvalue weighted by atomic mass is 35.5. The Labute approximate surface area is 156 Å². The number of halogens is 1. The summed E-state index contributed by atoms with van der Waals surface area (Å²) in [6.07, 6.45) is 7.19. The van der Waals surface area contributed by atoms with Crippen LogP contribution in [-0.2, 0) is 4.79 Å². The molecule has 26 heavy (non-hydrogen) atoms. The van der Waals surface area contributed by atoms with Gasteiger partial charge < -0.3 is 5.32 Å². The summed E-state index contributed by atoms with van der Waals surface area (Å²) in [5.74, 6) is 0.682. The second-order valence-electron chi connectivity index (χ2n) is 6.75. The van der Waals surface area contributed by atoms with Gasteiger partial charge in [-0.3, -0.25) is 9.89 Å². The Hall–Kier alpha value is -2.60. The SMILES string of the molecule is C[C@H](C(=O)Nc1cc(C2CCC2)[nH]n1)c1cnn(-c2cccc(Cl)c2)c1. The number of nitrogens with one attached hydrogen (secondary N) is 2. The summed E-state index contributed by atoms with van der Waals surface area (Å²) in [6, 6.07) is 9.36. The number of rotatable bonds is 5. The Kier molecular flexibility index (Phi) is 4.51. The molecule has 1 aromatic carbocycles. The Morgan fingerprint density at radius 1 is 1.38 bits per heavy atom. The molecule has 2 aromatic heterocycles. The predicted molar refractivity (Wildman–Crippen MR) is 101 cm³/mol. The van der Waals surface area contributed by atoms with E-state index >= 15 is 0 Å². The summed E-state index contributed by atoms with van der Waals surface area (Å²) in [5.41, 5.74) is 2.79. The van der Waals surface area contributed by atoms with E-state index in [2.05, 4.69) is 20.6 Å². The fourth-order valence-corrected chi connectivity index (χ4v) is 3.22. The Balaban J connectivity index is 1.44. The standard InChI is InChI=1S/C19H20ClN5O/c1-12(14-10-21-25(11-14)16-7-3-6-15(20)8-16)19(26)22-18-9-17(23-24-18)13-4-2-5-13/h3,6-13H,2,4-5H2,1H3,(H2,22,23,24,26)/t12-/m0/s1. The maximum absolute atomic E-state index is 12.6. The van der Waals surface area contributed by atoms with E-state index in [1.165, 1.54) is 19.3 Å². The van der Waals surface area contributed by atoms with Crippen molar-refractivity contribution in [2.24, 2.45) is 0 Å². The fourth-order valence-electron chi connectivity index (χ4n) is 3.04. The summed E-state index contributed by atoms with van der Waals surface area (Å²) in [6.45, 7) is 1.86. The molecule has 134 valence electrons. The Morgan fingerprint density at radius 3 is 2.96 bits per heavy atom. The van der Waals surface area contributed by atoms with Crippen LogP contribution in [0.15, 0.2) is 42.7 Å². The molecule has 1 amide bonds. The van der Waals surface area contributed by atoms with Gasteiger partial charge in [0.15, 0.2) is 5.82 Å². The Bertz CT molecular complexity index is 927. The van der Waals surface area contributed by atoms with Crippen molar-refractivity contribution in [2.75, 3.05) is 5.32 Å². The molecule has 1 saturated carbocycles. The van der Waals surface area contributed by atoms with Gasteiger partial charge in [0.05, 0.1) is 17.8 Å². The van der Waals surface area contributed by atoms with Crippen molar-refractivity contribution in [3.05, 3.63) is 59.0 Å². The van der Waals surface area contributed by atoms with Crippen LogP contribution in [0.1, 0.15) is 49.3 Å². The van der Waals surface area contributed by atoms with Gasteiger partial charge in [-0.1, -0.05) is 24.1 Å². The average Bonchev–Trinajstić information content (AvgIpc) is 3.22. The number of amides is 1. The lowest BCUT2D eigenvalue weighted by atomic mass is 9.83. The molecule has 0 saturated heterocycles. The number of hydrogen-bond acceptors (Lipinski definition) is 3. The number of aromatic amines is 1. The van der Waals surface area contributed by atoms with Crippen molar-refractivity contribution in [3.8, 4) is 5.69 Å². The van der Waals surface area contributed by atoms with Crippen LogP contribution in [0.25, 0.3) is 5.69 Å². The van der Waals surface area contributed by atoms with E-state index in [9.17, 15) is 4.79 Å². The molecule has 7 heteroatoms. The smallest absolute Gasteiger partial charge is 0.232 e. The van der Waals surface area contributed by atoms with E-state index in [0.717, 1.165) is 16.9 Å². The molecule has 0 aliphatic heterocycles. The second kappa shape index (κ2) is 6.96. The maximum atomic E-state index is 12.6. The first kappa shape index (κ1) is 16.8. The molecule has 1 atom stereocenters. The molecule has 0 spiro atoms. The highest BCUT2D eigenvalue weighted by Gasteiger charge is 2.23. The first-order valence-corrected chi connectivity index (χ1v) is 9.14. The van der Waals surface area contributed by atoms with Crippen LogP contribution in [0.3, 0.4) is 0 Å². The van der Waals surface area contributed by atoms with Crippen LogP contribution in [0.4, 0.5) is 5.82 Å². The molecule has 1 aliphatic rings. The molecule has 3 aromatic rings. The monoisotopic (exact) mass is 369 g/mol. The molecule has 6 nitrogen and oxygen atoms in total. The molecule has 1 aliphatic carbocycles. The summed E-state index contributed by atoms with van der Waals surface area (Å²) >= 11 is 6.03. The third-order valence-corrected chi connectivity index (χ3v) is 5.20. The molecule has 0 radical (unpaired) electrons. The number of hydrogen-bond donors (Lipinski definition) is 2. The minimum atomic E-state index is -0.341. The summed E-state index contributed by atoms with van der Waals surface area (Å²) in [4.78, 5) is 12.6. The number of aromatic nitrogens is 4. The first-order valence-electron chi connectivity index (χ1n) is 8.77. The van der Waals surface area contributed by atoms with E-state index < -0.39 is 0 Å². The van der Waals surface area contributed by atoms with Gasteiger partial charge in [0.1, 0.15) is 0 Å². The van der Waals surface area contributed by atoms with Gasteiger partial charge in [-0.2, -0.15) is 10.2 Å². The van der Waals surface area contributed by atoms with Crippen molar-refractivity contribution in [3.63, 3.8) is 0 Å². The molecule has 0 unspecified atom stereocenters. The molecule has 1 fully saturated rings. The zero-order valence-electron chi connectivity index (χ0n) is 14.4. The molecular formula is C19H20ClN5O. The number of carbonyl (C=O) groups excluding carboxylic acids is 1. The van der Waals surface area contributed by atoms with Gasteiger partial charge in [0, 0.05) is 34.5 Å². The quantitative estimate of drug-likeness (QED) is 0.705. The van der Waals surface area contributed by atoms with Gasteiger partial charge in [0.25, 0.3) is 0 Å². The minimum Gasteiger partial charge on any atom is -0.309 e. The van der Waals surface area contributed by atoms with Crippen LogP contribution in [0, 0.1) is 0 Å². The highest BCUT2D eigenvalue weighted by molar-refractivity contribution is 6.30. The zero-order chi connectivity index (χ0) is 18.1. The van der Waals surface area contributed by atoms with Crippen LogP contribution >= 0.6 is 11.6 Å². The lowest BCUT2D eigenvalue weighted by Gasteiger charge is -2.23. The van der Waals surface area contributed by atoms with Crippen molar-refractivity contribution >= 4 is 23.3 Å². The minimum absolute atomic E-state index is 0.109. The summed E-state index contributed by atoms with van der Waals surface area (Å²) < 4.78 is 1.72. The van der Waals surface area contributed by atoms with Crippen molar-refractivity contribution in [1.29, 1.82) is 0 Å². The van der Waals surface area contributed by atoms with Gasteiger partial charge in [0.2, 0.25) is 5.91 Å². The van der Waals surface area contributed by atoms with Crippen LogP contribution in [0.2, 0.25) is 5.02 Å². The van der Waals surface area contributed by atoms with Gasteiger partial charge in [-0.25, -0.2) is 4.68 Å². The third-order valence-electron chi connectivity index (χ3n) is 4.96. The summed E-state index contributed by atoms with van der Waals surface area (Å²) in [7, 11) is 0. The average molecular weight is 370 g/mol. The Morgan fingerprint density at radius 2 is 2.23 bits per heavy atom. The van der Waals surface area contributed by atoms with Gasteiger partial charge >= 0.3 is 0 Å². The van der Waals surface area contributed by atoms with E-state index in [1.54, 1.807) is 10.9 Å². The number of carbonyl (C=O) groups is 1. The van der Waals surface area contributed by atoms with Crippen molar-refractivity contribution in [2.45, 2.75) is 38.0 Å². The molecule has 2 N–H and O–H groups in total. The van der Waals surface area contributed by atoms with Gasteiger partial charge in [-0.05, 0) is 38.0 Å². The lowest BCUT2D eigenvalue weighted by Crippen LogP contribution is -2.18. The van der Waals surface area contributed by atoms with E-state index in [1.807, 2.05) is 43.5 Å². The van der Waals surface area contributed by atoms with Gasteiger partial charge in [-0.15, -0.1) is 0 Å². The first-order chi connectivity index (χ1) is 12.6. The zero-order valence-corrected chi connectivity index (χ0v) is 15.2. The van der Waals surface area contributed by atoms with Crippen molar-refractivity contribution in [1.82, 2.24) is 20.0 Å². The molecule has 4 rings (SSSR count). The predicted octanol–water partition coefficient (Wildman–Crippen LogP) is 4.26. The molecule has 0 bridgehead atoms. The highest BCUT2D eigenvalue weighted by Crippen LogP contribution is 2.35.